The summed E-state index contributed by atoms with van der Waals surface area (Å²) in [4.78, 5) is 0. The van der Waals surface area contributed by atoms with Crippen LogP contribution in [0.5, 0.6) is 11.5 Å². The topological polar surface area (TPSA) is 27.7 Å². The first-order valence-corrected chi connectivity index (χ1v) is 24.8. The van der Waals surface area contributed by atoms with E-state index in [-0.39, 0.29) is 0 Å². The molecule has 0 saturated carbocycles. The first-order valence-electron chi connectivity index (χ1n) is 22.9. The van der Waals surface area contributed by atoms with Crippen molar-refractivity contribution < 1.29 is 13.6 Å². The number of rotatable bonds is 37. The van der Waals surface area contributed by atoms with Crippen LogP contribution in [0.2, 0.25) is 0 Å². The summed E-state index contributed by atoms with van der Waals surface area (Å²) in [6.07, 6.45) is 39.3. The third-order valence-corrected chi connectivity index (χ3v) is 13.4. The molecule has 0 unspecified atom stereocenters. The molecular formula is C48H85O3P. The van der Waals surface area contributed by atoms with E-state index in [9.17, 15) is 0 Å². The summed E-state index contributed by atoms with van der Waals surface area (Å²) in [5.74, 6) is 1.99. The van der Waals surface area contributed by atoms with Crippen molar-refractivity contribution in [3.63, 3.8) is 0 Å². The summed E-state index contributed by atoms with van der Waals surface area (Å²) in [5, 5.41) is 0. The van der Waals surface area contributed by atoms with Gasteiger partial charge in [-0.05, 0) is 0 Å². The van der Waals surface area contributed by atoms with Crippen molar-refractivity contribution in [1.29, 1.82) is 0 Å². The Hall–Kier alpha value is -1.57. The molecule has 3 nitrogen and oxygen atoms in total. The van der Waals surface area contributed by atoms with Crippen molar-refractivity contribution >= 4 is 7.94 Å². The van der Waals surface area contributed by atoms with Crippen LogP contribution in [-0.4, -0.2) is 12.8 Å². The summed E-state index contributed by atoms with van der Waals surface area (Å²) >= 11 is 0. The fourth-order valence-corrected chi connectivity index (χ4v) is 10.1. The number of para-hydroxylation sites is 2. The van der Waals surface area contributed by atoms with E-state index < -0.39 is 7.94 Å². The predicted molar refractivity (Wildman–Crippen MR) is 233 cm³/mol. The zero-order valence-electron chi connectivity index (χ0n) is 35.0. The molecule has 0 aliphatic rings. The Bertz CT molecular complexity index is 1010. The second-order valence-corrected chi connectivity index (χ2v) is 18.2. The van der Waals surface area contributed by atoms with Crippen molar-refractivity contribution in [2.24, 2.45) is 0 Å². The van der Waals surface area contributed by atoms with Gasteiger partial charge in [-0.1, -0.05) is 0 Å². The van der Waals surface area contributed by atoms with Gasteiger partial charge in [-0.2, -0.15) is 0 Å². The summed E-state index contributed by atoms with van der Waals surface area (Å²) in [5.41, 5.74) is 2.62. The summed E-state index contributed by atoms with van der Waals surface area (Å²) < 4.78 is 21.6. The molecule has 0 aliphatic carbocycles. The Balaban J connectivity index is 2.27. The maximum absolute atomic E-state index is 7.28. The average Bonchev–Trinajstić information content (AvgIpc) is 3.16. The van der Waals surface area contributed by atoms with Gasteiger partial charge in [0.15, 0.2) is 0 Å². The summed E-state index contributed by atoms with van der Waals surface area (Å²) in [7, 11) is -3.14. The van der Waals surface area contributed by atoms with Crippen LogP contribution in [0.4, 0.5) is 0 Å². The standard InChI is InChI=1S/C48H85O3P/c1-5-9-13-17-21-25-29-37-45-39-31-33-41-47(45)50-52(44-36-28-24-20-16-12-8-4,49-43-35-27-23-19-15-11-7-3)51-48-42-34-32-40-46(48)38-30-26-22-18-14-10-6-2/h31-34,39-42,52H,5-30,35-38,43-44H2,1-4H3. The number of unbranched alkanes of at least 4 members (excludes halogenated alkanes) is 24. The van der Waals surface area contributed by atoms with Crippen LogP contribution in [0.15, 0.2) is 48.5 Å². The third-order valence-electron chi connectivity index (χ3n) is 10.7. The van der Waals surface area contributed by atoms with Crippen molar-refractivity contribution in [3.8, 4) is 11.5 Å². The predicted octanol–water partition coefficient (Wildman–Crippen LogP) is 16.7. The average molecular weight is 741 g/mol. The SMILES string of the molecule is CCCCCCCCCO[PH](CCCCCCCCC)(Oc1ccccc1CCCCCCCCC)Oc1ccccc1CCCCCCCCC. The zero-order valence-corrected chi connectivity index (χ0v) is 36.0. The van der Waals surface area contributed by atoms with Gasteiger partial charge < -0.3 is 0 Å². The molecule has 0 spiro atoms. The van der Waals surface area contributed by atoms with Crippen LogP contribution < -0.4 is 9.05 Å². The van der Waals surface area contributed by atoms with Crippen LogP contribution in [0.25, 0.3) is 0 Å². The monoisotopic (exact) mass is 741 g/mol. The normalized spacial score (nSPS) is 12.0. The number of hydrogen-bond acceptors (Lipinski definition) is 3. The van der Waals surface area contributed by atoms with Crippen molar-refractivity contribution in [3.05, 3.63) is 59.7 Å². The molecule has 0 radical (unpaired) electrons. The van der Waals surface area contributed by atoms with Crippen LogP contribution >= 0.6 is 7.94 Å². The minimum absolute atomic E-state index is 0.719. The van der Waals surface area contributed by atoms with E-state index in [4.69, 9.17) is 13.6 Å². The van der Waals surface area contributed by atoms with Crippen molar-refractivity contribution in [1.82, 2.24) is 0 Å². The van der Waals surface area contributed by atoms with Gasteiger partial charge in [-0.25, -0.2) is 0 Å². The molecule has 2 rings (SSSR count). The Kier molecular flexibility index (Phi) is 29.4. The third kappa shape index (κ3) is 22.6. The van der Waals surface area contributed by atoms with Gasteiger partial charge in [0.1, 0.15) is 0 Å². The number of aryl methyl sites for hydroxylation is 2. The molecule has 0 N–H and O–H groups in total. The van der Waals surface area contributed by atoms with Gasteiger partial charge in [-0.15, -0.1) is 0 Å². The van der Waals surface area contributed by atoms with Gasteiger partial charge >= 0.3 is 326 Å². The van der Waals surface area contributed by atoms with Gasteiger partial charge in [0, 0.05) is 0 Å². The first kappa shape index (κ1) is 46.6. The molecule has 0 bridgehead atoms. The van der Waals surface area contributed by atoms with Crippen LogP contribution in [0.1, 0.15) is 219 Å². The van der Waals surface area contributed by atoms with Gasteiger partial charge in [0.05, 0.1) is 0 Å². The number of hydrogen-bond donors (Lipinski definition) is 0. The molecule has 0 atom stereocenters. The second-order valence-electron chi connectivity index (χ2n) is 15.7. The van der Waals surface area contributed by atoms with Crippen LogP contribution in [0.3, 0.4) is 0 Å². The fraction of sp³-hybridized carbons (Fsp3) is 0.750. The number of benzene rings is 2. The second kappa shape index (κ2) is 32.8. The van der Waals surface area contributed by atoms with Crippen LogP contribution in [0, 0.1) is 0 Å². The molecule has 0 heterocycles. The quantitative estimate of drug-likeness (QED) is 0.0510. The van der Waals surface area contributed by atoms with Gasteiger partial charge in [-0.3, -0.25) is 0 Å². The van der Waals surface area contributed by atoms with Gasteiger partial charge in [0.25, 0.3) is 0 Å². The summed E-state index contributed by atoms with van der Waals surface area (Å²) in [6.45, 7) is 9.91. The zero-order chi connectivity index (χ0) is 37.2. The molecule has 52 heavy (non-hydrogen) atoms. The van der Waals surface area contributed by atoms with Crippen molar-refractivity contribution in [2.45, 2.75) is 220 Å². The molecule has 0 aliphatic heterocycles. The van der Waals surface area contributed by atoms with E-state index >= 15 is 0 Å². The molecule has 0 fully saturated rings. The van der Waals surface area contributed by atoms with E-state index in [2.05, 4.69) is 76.2 Å². The Morgan fingerprint density at radius 2 is 0.692 bits per heavy atom. The molecule has 4 heteroatoms. The minimum atomic E-state index is -3.14. The first-order chi connectivity index (χ1) is 25.7. The summed E-state index contributed by atoms with van der Waals surface area (Å²) in [6, 6.07) is 17.6. The van der Waals surface area contributed by atoms with E-state index in [0.29, 0.717) is 0 Å². The van der Waals surface area contributed by atoms with E-state index in [1.165, 1.54) is 178 Å². The molecule has 2 aromatic carbocycles. The van der Waals surface area contributed by atoms with E-state index in [1.807, 2.05) is 0 Å². The van der Waals surface area contributed by atoms with Gasteiger partial charge in [0.2, 0.25) is 0 Å². The van der Waals surface area contributed by atoms with Crippen LogP contribution in [-0.2, 0) is 17.4 Å². The molecule has 2 aromatic rings. The Morgan fingerprint density at radius 3 is 1.10 bits per heavy atom. The molecular weight excluding hydrogens is 655 g/mol. The van der Waals surface area contributed by atoms with E-state index in [1.54, 1.807) is 0 Å². The maximum atomic E-state index is 7.28. The fourth-order valence-electron chi connectivity index (χ4n) is 7.34. The molecule has 0 aromatic heterocycles. The Labute approximate surface area is 324 Å². The molecule has 300 valence electrons. The van der Waals surface area contributed by atoms with E-state index in [0.717, 1.165) is 50.0 Å². The molecule has 0 saturated heterocycles. The molecule has 0 amide bonds. The van der Waals surface area contributed by atoms with Crippen molar-refractivity contribution in [2.75, 3.05) is 12.8 Å². The Morgan fingerprint density at radius 1 is 0.365 bits per heavy atom.